The van der Waals surface area contributed by atoms with Crippen LogP contribution in [0.1, 0.15) is 15.9 Å². The summed E-state index contributed by atoms with van der Waals surface area (Å²) >= 11 is 0. The average Bonchev–Trinajstić information content (AvgIpc) is 2.38. The van der Waals surface area contributed by atoms with Gasteiger partial charge in [0.1, 0.15) is 6.61 Å². The third-order valence-corrected chi connectivity index (χ3v) is 2.45. The molecule has 1 rings (SSSR count). The maximum absolute atomic E-state index is 11.8. The summed E-state index contributed by atoms with van der Waals surface area (Å²) < 4.78 is 39.7. The number of ether oxygens (including phenoxy) is 1. The zero-order chi connectivity index (χ0) is 15.0. The van der Waals surface area contributed by atoms with E-state index in [9.17, 15) is 18.0 Å². The smallest absolute Gasteiger partial charge is 0.370 e. The summed E-state index contributed by atoms with van der Waals surface area (Å²) in [5.41, 5.74) is 6.88. The standard InChI is InChI=1S/C13H17F3N2O2/c14-13(15,16)9-20-8-7-18-12(19)11-3-1-10(2-4-11)5-6-17/h1-4H,5-9,17H2,(H,18,19). The molecule has 0 fully saturated rings. The Kier molecular flexibility index (Phi) is 6.47. The minimum Gasteiger partial charge on any atom is -0.370 e. The normalized spacial score (nSPS) is 11.4. The molecule has 0 heterocycles. The van der Waals surface area contributed by atoms with E-state index in [0.717, 1.165) is 12.0 Å². The molecule has 0 radical (unpaired) electrons. The highest BCUT2D eigenvalue weighted by Crippen LogP contribution is 2.13. The zero-order valence-corrected chi connectivity index (χ0v) is 10.9. The van der Waals surface area contributed by atoms with Crippen LogP contribution in [0, 0.1) is 0 Å². The van der Waals surface area contributed by atoms with E-state index in [1.807, 2.05) is 0 Å². The summed E-state index contributed by atoms with van der Waals surface area (Å²) in [5, 5.41) is 2.48. The highest BCUT2D eigenvalue weighted by molar-refractivity contribution is 5.94. The summed E-state index contributed by atoms with van der Waals surface area (Å²) in [6, 6.07) is 6.89. The first-order chi connectivity index (χ1) is 9.42. The molecule has 0 saturated heterocycles. The van der Waals surface area contributed by atoms with Crippen molar-refractivity contribution in [1.29, 1.82) is 0 Å². The largest absolute Gasteiger partial charge is 0.411 e. The van der Waals surface area contributed by atoms with Crippen molar-refractivity contribution in [2.45, 2.75) is 12.6 Å². The van der Waals surface area contributed by atoms with Crippen LogP contribution in [0.2, 0.25) is 0 Å². The summed E-state index contributed by atoms with van der Waals surface area (Å²) in [7, 11) is 0. The van der Waals surface area contributed by atoms with Crippen LogP contribution in [-0.4, -0.2) is 38.4 Å². The molecule has 0 saturated carbocycles. The van der Waals surface area contributed by atoms with Gasteiger partial charge in [-0.1, -0.05) is 12.1 Å². The number of carbonyl (C=O) groups excluding carboxylic acids is 1. The zero-order valence-electron chi connectivity index (χ0n) is 10.9. The third kappa shape index (κ3) is 6.53. The predicted octanol–water partition coefficient (Wildman–Crippen LogP) is 1.50. The summed E-state index contributed by atoms with van der Waals surface area (Å²) in [5.74, 6) is -0.347. The van der Waals surface area contributed by atoms with Gasteiger partial charge in [0.2, 0.25) is 0 Å². The fraction of sp³-hybridized carbons (Fsp3) is 0.462. The Morgan fingerprint density at radius 3 is 2.45 bits per heavy atom. The fourth-order valence-electron chi connectivity index (χ4n) is 1.52. The molecule has 1 aromatic rings. The lowest BCUT2D eigenvalue weighted by atomic mass is 10.1. The Morgan fingerprint density at radius 2 is 1.90 bits per heavy atom. The van der Waals surface area contributed by atoms with Gasteiger partial charge in [-0.3, -0.25) is 4.79 Å². The molecule has 4 nitrogen and oxygen atoms in total. The van der Waals surface area contributed by atoms with Gasteiger partial charge in [0, 0.05) is 12.1 Å². The van der Waals surface area contributed by atoms with Crippen molar-refractivity contribution in [3.05, 3.63) is 35.4 Å². The summed E-state index contributed by atoms with van der Waals surface area (Å²) in [6.07, 6.45) is -3.62. The quantitative estimate of drug-likeness (QED) is 0.748. The van der Waals surface area contributed by atoms with Crippen LogP contribution < -0.4 is 11.1 Å². The fourth-order valence-corrected chi connectivity index (χ4v) is 1.52. The lowest BCUT2D eigenvalue weighted by Gasteiger charge is -2.09. The van der Waals surface area contributed by atoms with Gasteiger partial charge in [0.25, 0.3) is 5.91 Å². The van der Waals surface area contributed by atoms with Crippen LogP contribution >= 0.6 is 0 Å². The van der Waals surface area contributed by atoms with E-state index in [1.54, 1.807) is 24.3 Å². The molecule has 1 amide bonds. The molecule has 0 spiro atoms. The number of nitrogens with one attached hydrogen (secondary N) is 1. The van der Waals surface area contributed by atoms with Crippen LogP contribution in [-0.2, 0) is 11.2 Å². The highest BCUT2D eigenvalue weighted by Gasteiger charge is 2.27. The summed E-state index contributed by atoms with van der Waals surface area (Å²) in [6.45, 7) is -0.936. The first-order valence-corrected chi connectivity index (χ1v) is 6.14. The lowest BCUT2D eigenvalue weighted by Crippen LogP contribution is -2.28. The van der Waals surface area contributed by atoms with Crippen LogP contribution in [0.25, 0.3) is 0 Å². The van der Waals surface area contributed by atoms with Gasteiger partial charge >= 0.3 is 6.18 Å². The topological polar surface area (TPSA) is 64.4 Å². The Labute approximate surface area is 115 Å². The Balaban J connectivity index is 2.28. The van der Waals surface area contributed by atoms with Crippen LogP contribution in [0.15, 0.2) is 24.3 Å². The van der Waals surface area contributed by atoms with Crippen molar-refractivity contribution >= 4 is 5.91 Å². The number of hydrogen-bond donors (Lipinski definition) is 2. The lowest BCUT2D eigenvalue weighted by molar-refractivity contribution is -0.173. The SMILES string of the molecule is NCCc1ccc(C(=O)NCCOCC(F)(F)F)cc1. The number of carbonyl (C=O) groups is 1. The molecule has 0 bridgehead atoms. The van der Waals surface area contributed by atoms with Crippen molar-refractivity contribution in [3.63, 3.8) is 0 Å². The highest BCUT2D eigenvalue weighted by atomic mass is 19.4. The molecule has 0 aliphatic heterocycles. The molecule has 0 aliphatic carbocycles. The van der Waals surface area contributed by atoms with Crippen LogP contribution in [0.3, 0.4) is 0 Å². The maximum atomic E-state index is 11.8. The number of alkyl halides is 3. The Hall–Kier alpha value is -1.60. The van der Waals surface area contributed by atoms with Gasteiger partial charge in [-0.05, 0) is 30.7 Å². The second-order valence-electron chi connectivity index (χ2n) is 4.16. The number of benzene rings is 1. The van der Waals surface area contributed by atoms with E-state index in [1.165, 1.54) is 0 Å². The number of rotatable bonds is 7. The second-order valence-corrected chi connectivity index (χ2v) is 4.16. The minimum absolute atomic E-state index is 0.0272. The van der Waals surface area contributed by atoms with Gasteiger partial charge in [-0.2, -0.15) is 13.2 Å². The van der Waals surface area contributed by atoms with Crippen molar-refractivity contribution in [1.82, 2.24) is 5.32 Å². The van der Waals surface area contributed by atoms with E-state index < -0.39 is 12.8 Å². The van der Waals surface area contributed by atoms with E-state index in [0.29, 0.717) is 12.1 Å². The minimum atomic E-state index is -4.34. The number of nitrogens with two attached hydrogens (primary N) is 1. The molecule has 7 heteroatoms. The van der Waals surface area contributed by atoms with Crippen LogP contribution in [0.5, 0.6) is 0 Å². The van der Waals surface area contributed by atoms with Crippen molar-refractivity contribution < 1.29 is 22.7 Å². The van der Waals surface area contributed by atoms with Crippen molar-refractivity contribution in [3.8, 4) is 0 Å². The third-order valence-electron chi connectivity index (χ3n) is 2.45. The van der Waals surface area contributed by atoms with E-state index in [4.69, 9.17) is 5.73 Å². The second kappa shape index (κ2) is 7.86. The first-order valence-electron chi connectivity index (χ1n) is 6.14. The van der Waals surface area contributed by atoms with Gasteiger partial charge in [0.05, 0.1) is 6.61 Å². The maximum Gasteiger partial charge on any atom is 0.411 e. The van der Waals surface area contributed by atoms with Crippen LogP contribution in [0.4, 0.5) is 13.2 Å². The first kappa shape index (κ1) is 16.5. The molecular formula is C13H17F3N2O2. The predicted molar refractivity (Wildman–Crippen MR) is 68.4 cm³/mol. The molecule has 0 aliphatic rings. The number of amides is 1. The molecule has 112 valence electrons. The van der Waals surface area contributed by atoms with E-state index in [2.05, 4.69) is 10.1 Å². The Bertz CT molecular complexity index is 419. The van der Waals surface area contributed by atoms with Gasteiger partial charge in [0.15, 0.2) is 0 Å². The molecule has 0 atom stereocenters. The monoisotopic (exact) mass is 290 g/mol. The molecule has 1 aromatic carbocycles. The number of halogens is 3. The van der Waals surface area contributed by atoms with Crippen molar-refractivity contribution in [2.75, 3.05) is 26.3 Å². The number of hydrogen-bond acceptors (Lipinski definition) is 3. The molecule has 20 heavy (non-hydrogen) atoms. The summed E-state index contributed by atoms with van der Waals surface area (Å²) in [4.78, 5) is 11.7. The molecule has 3 N–H and O–H groups in total. The molecular weight excluding hydrogens is 273 g/mol. The molecule has 0 aromatic heterocycles. The van der Waals surface area contributed by atoms with Gasteiger partial charge < -0.3 is 15.8 Å². The van der Waals surface area contributed by atoms with E-state index >= 15 is 0 Å². The molecule has 0 unspecified atom stereocenters. The van der Waals surface area contributed by atoms with Crippen molar-refractivity contribution in [2.24, 2.45) is 5.73 Å². The van der Waals surface area contributed by atoms with Gasteiger partial charge in [-0.25, -0.2) is 0 Å². The van der Waals surface area contributed by atoms with Gasteiger partial charge in [-0.15, -0.1) is 0 Å². The Morgan fingerprint density at radius 1 is 1.25 bits per heavy atom. The average molecular weight is 290 g/mol. The van der Waals surface area contributed by atoms with E-state index in [-0.39, 0.29) is 19.1 Å².